The quantitative estimate of drug-likeness (QED) is 0.638. The second kappa shape index (κ2) is 8.01. The predicted octanol–water partition coefficient (Wildman–Crippen LogP) is 4.73. The number of ether oxygens (including phenoxy) is 2. The first kappa shape index (κ1) is 17.9. The highest BCUT2D eigenvalue weighted by Gasteiger charge is 2.21. The summed E-state index contributed by atoms with van der Waals surface area (Å²) in [6.45, 7) is 4.34. The Morgan fingerprint density at radius 2 is 1.85 bits per heavy atom. The van der Waals surface area contributed by atoms with Gasteiger partial charge >= 0.3 is 5.97 Å². The van der Waals surface area contributed by atoms with E-state index < -0.39 is 5.97 Å². The van der Waals surface area contributed by atoms with Gasteiger partial charge in [0, 0.05) is 0 Å². The van der Waals surface area contributed by atoms with Gasteiger partial charge in [0.1, 0.15) is 10.8 Å². The summed E-state index contributed by atoms with van der Waals surface area (Å²) < 4.78 is 10.7. The van der Waals surface area contributed by atoms with Gasteiger partial charge < -0.3 is 14.8 Å². The molecular weight excluding hydrogens is 350 g/mol. The topological polar surface area (TPSA) is 64.6 Å². The van der Waals surface area contributed by atoms with Crippen molar-refractivity contribution in [3.63, 3.8) is 0 Å². The first-order chi connectivity index (χ1) is 12.7. The van der Waals surface area contributed by atoms with Crippen LogP contribution in [0.1, 0.15) is 34.6 Å². The Morgan fingerprint density at radius 1 is 1.04 bits per heavy atom. The molecule has 26 heavy (non-hydrogen) atoms. The summed E-state index contributed by atoms with van der Waals surface area (Å²) >= 11 is 1.28. The van der Waals surface area contributed by atoms with Crippen LogP contribution in [0.4, 0.5) is 5.00 Å². The summed E-state index contributed by atoms with van der Waals surface area (Å²) in [4.78, 5) is 25.1. The van der Waals surface area contributed by atoms with E-state index in [1.807, 2.05) is 37.3 Å². The smallest absolute Gasteiger partial charge is 0.341 e. The fraction of sp³-hybridized carbons (Fsp3) is 0.200. The number of benzene rings is 2. The molecule has 2 aromatic carbocycles. The summed E-state index contributed by atoms with van der Waals surface area (Å²) in [5.41, 5.74) is 0.802. The number of rotatable bonds is 6. The van der Waals surface area contributed by atoms with Crippen LogP contribution in [-0.2, 0) is 4.74 Å². The first-order valence-electron chi connectivity index (χ1n) is 8.36. The van der Waals surface area contributed by atoms with Crippen LogP contribution in [-0.4, -0.2) is 25.1 Å². The third-order valence-corrected chi connectivity index (χ3v) is 4.64. The Hall–Kier alpha value is -2.86. The van der Waals surface area contributed by atoms with Crippen LogP contribution in [0.3, 0.4) is 0 Å². The second-order valence-electron chi connectivity index (χ2n) is 5.43. The summed E-state index contributed by atoms with van der Waals surface area (Å²) in [7, 11) is 0. The van der Waals surface area contributed by atoms with E-state index in [1.165, 1.54) is 11.3 Å². The van der Waals surface area contributed by atoms with Crippen molar-refractivity contribution >= 4 is 39.0 Å². The van der Waals surface area contributed by atoms with Crippen molar-refractivity contribution in [3.8, 4) is 5.75 Å². The Morgan fingerprint density at radius 3 is 2.62 bits per heavy atom. The number of carbonyl (C=O) groups excluding carboxylic acids is 2. The fourth-order valence-electron chi connectivity index (χ4n) is 2.70. The molecule has 0 spiro atoms. The van der Waals surface area contributed by atoms with Crippen LogP contribution in [0, 0.1) is 0 Å². The van der Waals surface area contributed by atoms with E-state index in [4.69, 9.17) is 9.47 Å². The number of hydrogen-bond donors (Lipinski definition) is 1. The number of carbonyl (C=O) groups is 2. The zero-order valence-corrected chi connectivity index (χ0v) is 15.4. The normalized spacial score (nSPS) is 10.5. The summed E-state index contributed by atoms with van der Waals surface area (Å²) in [5.74, 6) is -0.261. The van der Waals surface area contributed by atoms with E-state index >= 15 is 0 Å². The van der Waals surface area contributed by atoms with Gasteiger partial charge in [0.05, 0.1) is 24.3 Å². The minimum atomic E-state index is -0.452. The van der Waals surface area contributed by atoms with E-state index in [9.17, 15) is 9.59 Å². The number of amides is 1. The maximum Gasteiger partial charge on any atom is 0.341 e. The highest BCUT2D eigenvalue weighted by molar-refractivity contribution is 7.14. The van der Waals surface area contributed by atoms with Crippen LogP contribution >= 0.6 is 11.3 Å². The molecule has 5 nitrogen and oxygen atoms in total. The van der Waals surface area contributed by atoms with Crippen LogP contribution in [0.15, 0.2) is 47.8 Å². The van der Waals surface area contributed by atoms with Crippen molar-refractivity contribution in [1.29, 1.82) is 0 Å². The molecule has 0 radical (unpaired) electrons. The number of anilines is 1. The molecule has 0 saturated heterocycles. The van der Waals surface area contributed by atoms with Gasteiger partial charge in [-0.25, -0.2) is 4.79 Å². The van der Waals surface area contributed by atoms with Gasteiger partial charge in [-0.2, -0.15) is 0 Å². The van der Waals surface area contributed by atoms with Crippen LogP contribution < -0.4 is 10.1 Å². The lowest BCUT2D eigenvalue weighted by Gasteiger charge is -2.13. The average molecular weight is 369 g/mol. The zero-order valence-electron chi connectivity index (χ0n) is 14.6. The van der Waals surface area contributed by atoms with Gasteiger partial charge in [-0.1, -0.05) is 30.3 Å². The molecule has 1 heterocycles. The van der Waals surface area contributed by atoms with E-state index in [1.54, 1.807) is 24.4 Å². The van der Waals surface area contributed by atoms with Gasteiger partial charge in [-0.05, 0) is 42.1 Å². The molecule has 1 aromatic heterocycles. The maximum atomic E-state index is 13.0. The monoisotopic (exact) mass is 369 g/mol. The van der Waals surface area contributed by atoms with Crippen molar-refractivity contribution in [3.05, 3.63) is 59.0 Å². The molecule has 1 N–H and O–H groups in total. The molecule has 0 aliphatic carbocycles. The maximum absolute atomic E-state index is 13.0. The van der Waals surface area contributed by atoms with Gasteiger partial charge in [0.2, 0.25) is 0 Å². The molecule has 0 unspecified atom stereocenters. The van der Waals surface area contributed by atoms with Gasteiger partial charge in [-0.3, -0.25) is 4.79 Å². The average Bonchev–Trinajstić information content (AvgIpc) is 3.10. The molecule has 3 aromatic rings. The lowest BCUT2D eigenvalue weighted by molar-refractivity contribution is 0.0528. The molecule has 1 amide bonds. The zero-order chi connectivity index (χ0) is 18.5. The SMILES string of the molecule is CCOC(=O)c1ccsc1NC(=O)c1c(OCC)ccc2ccccc12. The lowest BCUT2D eigenvalue weighted by Crippen LogP contribution is -2.16. The molecule has 0 aliphatic heterocycles. The third-order valence-electron chi connectivity index (χ3n) is 3.81. The fourth-order valence-corrected chi connectivity index (χ4v) is 3.47. The number of esters is 1. The van der Waals surface area contributed by atoms with E-state index in [0.29, 0.717) is 28.5 Å². The van der Waals surface area contributed by atoms with Crippen LogP contribution in [0.2, 0.25) is 0 Å². The minimum Gasteiger partial charge on any atom is -0.493 e. The second-order valence-corrected chi connectivity index (χ2v) is 6.35. The van der Waals surface area contributed by atoms with E-state index in [0.717, 1.165) is 10.8 Å². The van der Waals surface area contributed by atoms with Crippen molar-refractivity contribution in [2.75, 3.05) is 18.5 Å². The largest absolute Gasteiger partial charge is 0.493 e. The molecule has 0 fully saturated rings. The summed E-state index contributed by atoms with van der Waals surface area (Å²) in [6.07, 6.45) is 0. The highest BCUT2D eigenvalue weighted by Crippen LogP contribution is 2.31. The molecule has 3 rings (SSSR count). The van der Waals surface area contributed by atoms with Gasteiger partial charge in [-0.15, -0.1) is 11.3 Å². The number of thiophene rings is 1. The molecule has 0 atom stereocenters. The van der Waals surface area contributed by atoms with Gasteiger partial charge in [0.15, 0.2) is 0 Å². The third kappa shape index (κ3) is 3.55. The van der Waals surface area contributed by atoms with E-state index in [-0.39, 0.29) is 12.5 Å². The molecule has 0 saturated carbocycles. The molecule has 134 valence electrons. The molecule has 0 bridgehead atoms. The first-order valence-corrected chi connectivity index (χ1v) is 9.24. The number of hydrogen-bond acceptors (Lipinski definition) is 5. The van der Waals surface area contributed by atoms with Crippen molar-refractivity contribution in [1.82, 2.24) is 0 Å². The molecular formula is C20H19NO4S. The van der Waals surface area contributed by atoms with Crippen molar-refractivity contribution < 1.29 is 19.1 Å². The van der Waals surface area contributed by atoms with Crippen LogP contribution in [0.25, 0.3) is 10.8 Å². The minimum absolute atomic E-state index is 0.278. The van der Waals surface area contributed by atoms with Crippen molar-refractivity contribution in [2.24, 2.45) is 0 Å². The molecule has 6 heteroatoms. The Balaban J connectivity index is 1.99. The van der Waals surface area contributed by atoms with Gasteiger partial charge in [0.25, 0.3) is 5.91 Å². The van der Waals surface area contributed by atoms with Crippen LogP contribution in [0.5, 0.6) is 5.75 Å². The number of fused-ring (bicyclic) bond motifs is 1. The standard InChI is InChI=1S/C20H19NO4S/c1-3-24-16-10-9-13-7-5-6-8-14(13)17(16)18(22)21-19-15(11-12-26-19)20(23)25-4-2/h5-12H,3-4H2,1-2H3,(H,21,22). The highest BCUT2D eigenvalue weighted by atomic mass is 32.1. The Kier molecular flexibility index (Phi) is 5.53. The lowest BCUT2D eigenvalue weighted by atomic mass is 10.0. The Labute approximate surface area is 155 Å². The predicted molar refractivity (Wildman–Crippen MR) is 103 cm³/mol. The summed E-state index contributed by atoms with van der Waals surface area (Å²) in [5, 5.41) is 6.78. The Bertz CT molecular complexity index is 948. The van der Waals surface area contributed by atoms with Crippen molar-refractivity contribution in [2.45, 2.75) is 13.8 Å². The molecule has 0 aliphatic rings. The number of nitrogens with one attached hydrogen (secondary N) is 1. The summed E-state index contributed by atoms with van der Waals surface area (Å²) in [6, 6.07) is 13.0. The van der Waals surface area contributed by atoms with E-state index in [2.05, 4.69) is 5.32 Å².